The first-order chi connectivity index (χ1) is 12.8. The largest absolute Gasteiger partial charge is 0.491 e. The van der Waals surface area contributed by atoms with Gasteiger partial charge in [0.05, 0.1) is 30.3 Å². The van der Waals surface area contributed by atoms with E-state index in [2.05, 4.69) is 20.6 Å². The van der Waals surface area contributed by atoms with Crippen LogP contribution in [0.4, 0.5) is 16.3 Å². The molecule has 0 bridgehead atoms. The van der Waals surface area contributed by atoms with Crippen LogP contribution in [0, 0.1) is 11.3 Å². The van der Waals surface area contributed by atoms with Crippen LogP contribution in [-0.4, -0.2) is 35.3 Å². The molecule has 0 saturated heterocycles. The van der Waals surface area contributed by atoms with Crippen molar-refractivity contribution in [1.82, 2.24) is 9.97 Å². The highest BCUT2D eigenvalue weighted by Gasteiger charge is 2.17. The molecule has 0 saturated carbocycles. The summed E-state index contributed by atoms with van der Waals surface area (Å²) < 4.78 is 11.1. The smallest absolute Gasteiger partial charge is 0.325 e. The number of nitrogens with zero attached hydrogens (tertiary/aromatic N) is 3. The van der Waals surface area contributed by atoms with Crippen molar-refractivity contribution in [2.24, 2.45) is 0 Å². The third-order valence-corrected chi connectivity index (χ3v) is 3.95. The minimum absolute atomic E-state index is 0.158. The number of rotatable bonds is 7. The normalized spacial score (nSPS) is 10.8. The Kier molecular flexibility index (Phi) is 6.93. The maximum Gasteiger partial charge on any atom is 0.325 e. The number of hydrogen-bond acceptors (Lipinski definition) is 6. The number of methoxy groups -OCH3 is 1. The van der Waals surface area contributed by atoms with Crippen molar-refractivity contribution in [2.45, 2.75) is 25.9 Å². The second-order valence-corrected chi connectivity index (χ2v) is 6.62. The van der Waals surface area contributed by atoms with E-state index in [1.807, 2.05) is 19.9 Å². The molecule has 2 rings (SSSR count). The van der Waals surface area contributed by atoms with Crippen LogP contribution in [-0.2, 0) is 4.74 Å². The average molecular weight is 390 g/mol. The number of benzene rings is 1. The predicted octanol–water partition coefficient (Wildman–Crippen LogP) is 3.84. The summed E-state index contributed by atoms with van der Waals surface area (Å²) in [5.74, 6) is 0.685. The first kappa shape index (κ1) is 20.4. The Bertz CT molecular complexity index is 834. The standard InChI is InChI=1S/C18H20ClN5O3/c1-18(2,26-3)6-7-27-15-5-4-12(19)8-14(15)23-17(25)24-16-11-21-13(9-20)10-22-16/h4-5,8,10-11H,6-7H2,1-3H3,(H2,22,23,24,25). The molecule has 0 aliphatic rings. The van der Waals surface area contributed by atoms with Gasteiger partial charge in [-0.25, -0.2) is 14.8 Å². The Morgan fingerprint density at radius 3 is 2.70 bits per heavy atom. The van der Waals surface area contributed by atoms with Gasteiger partial charge in [-0.1, -0.05) is 11.6 Å². The van der Waals surface area contributed by atoms with Crippen molar-refractivity contribution in [2.75, 3.05) is 24.4 Å². The van der Waals surface area contributed by atoms with Gasteiger partial charge in [-0.3, -0.25) is 5.32 Å². The van der Waals surface area contributed by atoms with Gasteiger partial charge in [-0.05, 0) is 32.0 Å². The number of anilines is 2. The van der Waals surface area contributed by atoms with Crippen LogP contribution in [0.15, 0.2) is 30.6 Å². The van der Waals surface area contributed by atoms with Crippen LogP contribution in [0.2, 0.25) is 5.02 Å². The molecule has 27 heavy (non-hydrogen) atoms. The van der Waals surface area contributed by atoms with Gasteiger partial charge in [-0.2, -0.15) is 5.26 Å². The summed E-state index contributed by atoms with van der Waals surface area (Å²) in [6, 6.07) is 6.25. The summed E-state index contributed by atoms with van der Waals surface area (Å²) >= 11 is 6.02. The fourth-order valence-electron chi connectivity index (χ4n) is 1.95. The Hall–Kier alpha value is -2.89. The van der Waals surface area contributed by atoms with Gasteiger partial charge in [0.15, 0.2) is 11.5 Å². The lowest BCUT2D eigenvalue weighted by Gasteiger charge is -2.23. The topological polar surface area (TPSA) is 109 Å². The lowest BCUT2D eigenvalue weighted by Crippen LogP contribution is -2.25. The van der Waals surface area contributed by atoms with Gasteiger partial charge in [0.1, 0.15) is 11.8 Å². The number of halogens is 1. The van der Waals surface area contributed by atoms with E-state index in [4.69, 9.17) is 26.3 Å². The number of hydrogen-bond donors (Lipinski definition) is 2. The van der Waals surface area contributed by atoms with E-state index in [9.17, 15) is 4.79 Å². The predicted molar refractivity (Wildman–Crippen MR) is 102 cm³/mol. The summed E-state index contributed by atoms with van der Waals surface area (Å²) in [6.45, 7) is 4.33. The number of nitriles is 1. The Morgan fingerprint density at radius 2 is 2.07 bits per heavy atom. The zero-order valence-corrected chi connectivity index (χ0v) is 16.0. The molecule has 2 amide bonds. The highest BCUT2D eigenvalue weighted by Crippen LogP contribution is 2.29. The van der Waals surface area contributed by atoms with Crippen LogP contribution in [0.25, 0.3) is 0 Å². The second kappa shape index (κ2) is 9.16. The Morgan fingerprint density at radius 1 is 1.30 bits per heavy atom. The van der Waals surface area contributed by atoms with E-state index >= 15 is 0 Å². The van der Waals surface area contributed by atoms with E-state index in [0.717, 1.165) is 0 Å². The molecule has 1 aromatic heterocycles. The fourth-order valence-corrected chi connectivity index (χ4v) is 2.13. The van der Waals surface area contributed by atoms with Crippen molar-refractivity contribution in [1.29, 1.82) is 5.26 Å². The van der Waals surface area contributed by atoms with Crippen LogP contribution >= 0.6 is 11.6 Å². The molecule has 0 unspecified atom stereocenters. The summed E-state index contributed by atoms with van der Waals surface area (Å²) in [7, 11) is 1.64. The van der Waals surface area contributed by atoms with Gasteiger partial charge in [-0.15, -0.1) is 0 Å². The summed E-state index contributed by atoms with van der Waals surface area (Å²) in [6.07, 6.45) is 3.22. The minimum Gasteiger partial charge on any atom is -0.491 e. The van der Waals surface area contributed by atoms with Crippen molar-refractivity contribution < 1.29 is 14.3 Å². The van der Waals surface area contributed by atoms with Crippen molar-refractivity contribution >= 4 is 29.1 Å². The van der Waals surface area contributed by atoms with E-state index in [1.165, 1.54) is 12.4 Å². The Balaban J connectivity index is 2.02. The number of amides is 2. The molecule has 0 spiro atoms. The lowest BCUT2D eigenvalue weighted by atomic mass is 10.1. The second-order valence-electron chi connectivity index (χ2n) is 6.18. The van der Waals surface area contributed by atoms with Crippen LogP contribution < -0.4 is 15.4 Å². The number of ether oxygens (including phenoxy) is 2. The Labute approximate surface area is 162 Å². The molecule has 1 aromatic carbocycles. The van der Waals surface area contributed by atoms with Crippen LogP contribution in [0.5, 0.6) is 5.75 Å². The third kappa shape index (κ3) is 6.40. The summed E-state index contributed by atoms with van der Waals surface area (Å²) in [4.78, 5) is 20.0. The summed E-state index contributed by atoms with van der Waals surface area (Å²) in [5.41, 5.74) is 0.258. The molecule has 0 aliphatic heterocycles. The molecule has 0 fully saturated rings. The van der Waals surface area contributed by atoms with E-state index in [1.54, 1.807) is 25.3 Å². The van der Waals surface area contributed by atoms with Crippen molar-refractivity contribution in [3.8, 4) is 11.8 Å². The monoisotopic (exact) mass is 389 g/mol. The zero-order chi connectivity index (χ0) is 19.9. The molecule has 142 valence electrons. The average Bonchev–Trinajstić information content (AvgIpc) is 2.64. The number of carbonyl (C=O) groups excluding carboxylic acids is 1. The van der Waals surface area contributed by atoms with Gasteiger partial charge >= 0.3 is 6.03 Å². The molecule has 1 heterocycles. The van der Waals surface area contributed by atoms with E-state index < -0.39 is 6.03 Å². The maximum absolute atomic E-state index is 12.2. The fraction of sp³-hybridized carbons (Fsp3) is 0.333. The van der Waals surface area contributed by atoms with Gasteiger partial charge in [0.25, 0.3) is 0 Å². The van der Waals surface area contributed by atoms with Crippen molar-refractivity contribution in [3.05, 3.63) is 41.3 Å². The minimum atomic E-state index is -0.543. The third-order valence-electron chi connectivity index (χ3n) is 3.71. The number of aromatic nitrogens is 2. The van der Waals surface area contributed by atoms with Crippen molar-refractivity contribution in [3.63, 3.8) is 0 Å². The molecule has 0 atom stereocenters. The maximum atomic E-state index is 12.2. The highest BCUT2D eigenvalue weighted by molar-refractivity contribution is 6.31. The molecule has 0 radical (unpaired) electrons. The van der Waals surface area contributed by atoms with E-state index in [-0.39, 0.29) is 17.1 Å². The molecule has 2 N–H and O–H groups in total. The quantitative estimate of drug-likeness (QED) is 0.744. The number of urea groups is 1. The molecule has 0 aliphatic carbocycles. The zero-order valence-electron chi connectivity index (χ0n) is 15.2. The van der Waals surface area contributed by atoms with E-state index in [0.29, 0.717) is 29.5 Å². The molecule has 8 nitrogen and oxygen atoms in total. The van der Waals surface area contributed by atoms with Crippen LogP contribution in [0.3, 0.4) is 0 Å². The lowest BCUT2D eigenvalue weighted by molar-refractivity contribution is 0.00551. The molecule has 2 aromatic rings. The molecular weight excluding hydrogens is 370 g/mol. The molecular formula is C18H20ClN5O3. The summed E-state index contributed by atoms with van der Waals surface area (Å²) in [5, 5.41) is 14.4. The van der Waals surface area contributed by atoms with Gasteiger partial charge < -0.3 is 14.8 Å². The first-order valence-corrected chi connectivity index (χ1v) is 8.48. The highest BCUT2D eigenvalue weighted by atomic mass is 35.5. The van der Waals surface area contributed by atoms with Gasteiger partial charge in [0, 0.05) is 18.6 Å². The molecule has 9 heteroatoms. The van der Waals surface area contributed by atoms with Crippen LogP contribution in [0.1, 0.15) is 26.0 Å². The first-order valence-electron chi connectivity index (χ1n) is 8.10. The van der Waals surface area contributed by atoms with Gasteiger partial charge in [0.2, 0.25) is 0 Å². The SMILES string of the molecule is COC(C)(C)CCOc1ccc(Cl)cc1NC(=O)Nc1cnc(C#N)cn1. The number of nitrogens with one attached hydrogen (secondary N) is 2. The number of carbonyl (C=O) groups is 1.